The van der Waals surface area contributed by atoms with Crippen LogP contribution < -0.4 is 11.1 Å². The summed E-state index contributed by atoms with van der Waals surface area (Å²) in [5.74, 6) is 0.203. The van der Waals surface area contributed by atoms with Crippen LogP contribution in [0.3, 0.4) is 0 Å². The van der Waals surface area contributed by atoms with Gasteiger partial charge >= 0.3 is 6.03 Å². The number of hydrogen-bond acceptors (Lipinski definition) is 5. The molecule has 134 valence electrons. The van der Waals surface area contributed by atoms with E-state index in [1.165, 1.54) is 11.8 Å². The fourth-order valence-electron chi connectivity index (χ4n) is 2.30. The smallest absolute Gasteiger partial charge is 0.318 e. The van der Waals surface area contributed by atoms with Crippen molar-refractivity contribution in [3.05, 3.63) is 29.3 Å². The molecule has 0 fully saturated rings. The Morgan fingerprint density at radius 3 is 2.64 bits per heavy atom. The molecule has 0 aliphatic carbocycles. The molecule has 0 bridgehead atoms. The number of nitrogens with two attached hydrogens (primary N) is 1. The fraction of sp³-hybridized carbons (Fsp3) is 0.375. The zero-order chi connectivity index (χ0) is 18.6. The third kappa shape index (κ3) is 4.73. The number of rotatable bonds is 6. The van der Waals surface area contributed by atoms with Crippen molar-refractivity contribution in [2.45, 2.75) is 37.7 Å². The van der Waals surface area contributed by atoms with Gasteiger partial charge in [-0.1, -0.05) is 49.3 Å². The largest absolute Gasteiger partial charge is 0.351 e. The zero-order valence-electron chi connectivity index (χ0n) is 14.2. The molecular formula is C16H20ClN5O2S. The Morgan fingerprint density at radius 2 is 2.08 bits per heavy atom. The Labute approximate surface area is 155 Å². The van der Waals surface area contributed by atoms with E-state index in [-0.39, 0.29) is 5.92 Å². The van der Waals surface area contributed by atoms with Gasteiger partial charge in [0.2, 0.25) is 5.91 Å². The van der Waals surface area contributed by atoms with Crippen molar-refractivity contribution in [3.8, 4) is 11.4 Å². The van der Waals surface area contributed by atoms with Gasteiger partial charge in [0.1, 0.15) is 0 Å². The Morgan fingerprint density at radius 1 is 1.36 bits per heavy atom. The van der Waals surface area contributed by atoms with Crippen molar-refractivity contribution in [1.29, 1.82) is 0 Å². The number of imide groups is 1. The number of aromatic nitrogens is 3. The van der Waals surface area contributed by atoms with E-state index in [1.807, 2.05) is 43.5 Å². The van der Waals surface area contributed by atoms with Gasteiger partial charge in [-0.3, -0.25) is 10.1 Å². The lowest BCUT2D eigenvalue weighted by Gasteiger charge is -2.18. The van der Waals surface area contributed by atoms with E-state index in [1.54, 1.807) is 6.07 Å². The molecule has 1 atom stereocenters. The van der Waals surface area contributed by atoms with Crippen molar-refractivity contribution >= 4 is 35.3 Å². The van der Waals surface area contributed by atoms with Crippen LogP contribution in [0, 0.1) is 5.92 Å². The van der Waals surface area contributed by atoms with Gasteiger partial charge < -0.3 is 10.3 Å². The first-order chi connectivity index (χ1) is 11.8. The second-order valence-electron chi connectivity index (χ2n) is 5.70. The van der Waals surface area contributed by atoms with Crippen LogP contribution in [0.4, 0.5) is 4.79 Å². The molecule has 0 aliphatic rings. The van der Waals surface area contributed by atoms with Crippen molar-refractivity contribution in [3.63, 3.8) is 0 Å². The number of amides is 3. The average Bonchev–Trinajstić information content (AvgIpc) is 2.94. The summed E-state index contributed by atoms with van der Waals surface area (Å²) in [6.45, 7) is 6.38. The van der Waals surface area contributed by atoms with Crippen LogP contribution in [-0.4, -0.2) is 32.0 Å². The highest BCUT2D eigenvalue weighted by Crippen LogP contribution is 2.30. The maximum atomic E-state index is 12.2. The summed E-state index contributed by atoms with van der Waals surface area (Å²) in [4.78, 5) is 23.2. The lowest BCUT2D eigenvalue weighted by Crippen LogP contribution is -2.42. The normalized spacial score (nSPS) is 12.2. The van der Waals surface area contributed by atoms with Crippen LogP contribution in [0.15, 0.2) is 29.4 Å². The Hall–Kier alpha value is -2.06. The predicted molar refractivity (Wildman–Crippen MR) is 98.4 cm³/mol. The summed E-state index contributed by atoms with van der Waals surface area (Å²) in [7, 11) is 0. The van der Waals surface area contributed by atoms with Gasteiger partial charge in [-0.25, -0.2) is 4.79 Å². The fourth-order valence-corrected chi connectivity index (χ4v) is 3.59. The number of carbonyl (C=O) groups is 2. The lowest BCUT2D eigenvalue weighted by molar-refractivity contribution is -0.120. The second kappa shape index (κ2) is 8.35. The number of primary amides is 1. The van der Waals surface area contributed by atoms with Crippen LogP contribution >= 0.6 is 23.4 Å². The quantitative estimate of drug-likeness (QED) is 0.749. The van der Waals surface area contributed by atoms with Crippen molar-refractivity contribution in [2.75, 3.05) is 0 Å². The Kier molecular flexibility index (Phi) is 6.44. The van der Waals surface area contributed by atoms with Gasteiger partial charge in [0.15, 0.2) is 11.0 Å². The highest BCUT2D eigenvalue weighted by atomic mass is 35.5. The predicted octanol–water partition coefficient (Wildman–Crippen LogP) is 2.93. The van der Waals surface area contributed by atoms with E-state index in [9.17, 15) is 9.59 Å². The number of nitrogens with one attached hydrogen (secondary N) is 1. The van der Waals surface area contributed by atoms with E-state index in [0.717, 1.165) is 5.56 Å². The standard InChI is InChI=1S/C16H20ClN5O2S/c1-4-22-13(10-6-5-7-11(17)8-10)20-21-16(22)25-12(9(2)3)14(23)19-15(18)24/h5-9,12H,4H2,1-3H3,(H3,18,19,23,24)/t12-/m1/s1. The number of carbonyl (C=O) groups excluding carboxylic acids is 2. The van der Waals surface area contributed by atoms with Crippen LogP contribution in [0.25, 0.3) is 11.4 Å². The molecule has 25 heavy (non-hydrogen) atoms. The van der Waals surface area contributed by atoms with E-state index in [2.05, 4.69) is 15.5 Å². The highest BCUT2D eigenvalue weighted by molar-refractivity contribution is 8.00. The number of thioether (sulfide) groups is 1. The molecule has 9 heteroatoms. The molecule has 7 nitrogen and oxygen atoms in total. The zero-order valence-corrected chi connectivity index (χ0v) is 15.8. The minimum Gasteiger partial charge on any atom is -0.351 e. The minimum absolute atomic E-state index is 0.0269. The second-order valence-corrected chi connectivity index (χ2v) is 7.24. The molecule has 0 saturated carbocycles. The van der Waals surface area contributed by atoms with Gasteiger partial charge in [0.05, 0.1) is 5.25 Å². The molecule has 2 rings (SSSR count). The van der Waals surface area contributed by atoms with Gasteiger partial charge in [-0.05, 0) is 25.0 Å². The molecular weight excluding hydrogens is 362 g/mol. The molecule has 1 aromatic heterocycles. The summed E-state index contributed by atoms with van der Waals surface area (Å²) < 4.78 is 1.91. The number of nitrogens with zero attached hydrogens (tertiary/aromatic N) is 3. The number of benzene rings is 1. The SMILES string of the molecule is CCn1c(S[C@@H](C(=O)NC(N)=O)C(C)C)nnc1-c1cccc(Cl)c1. The molecule has 0 spiro atoms. The van der Waals surface area contributed by atoms with Gasteiger partial charge in [0.25, 0.3) is 0 Å². The summed E-state index contributed by atoms with van der Waals surface area (Å²) in [6.07, 6.45) is 0. The van der Waals surface area contributed by atoms with Crippen LogP contribution in [0.2, 0.25) is 5.02 Å². The van der Waals surface area contributed by atoms with E-state index < -0.39 is 17.2 Å². The van der Waals surface area contributed by atoms with Crippen LogP contribution in [0.5, 0.6) is 0 Å². The summed E-state index contributed by atoms with van der Waals surface area (Å²) in [6, 6.07) is 6.47. The van der Waals surface area contributed by atoms with Crippen LogP contribution in [-0.2, 0) is 11.3 Å². The van der Waals surface area contributed by atoms with Crippen LogP contribution in [0.1, 0.15) is 20.8 Å². The maximum absolute atomic E-state index is 12.2. The topological polar surface area (TPSA) is 103 Å². The molecule has 0 radical (unpaired) electrons. The van der Waals surface area contributed by atoms with Crippen molar-refractivity contribution in [2.24, 2.45) is 11.7 Å². The molecule has 2 aromatic rings. The summed E-state index contributed by atoms with van der Waals surface area (Å²) in [5.41, 5.74) is 5.89. The third-order valence-corrected chi connectivity index (χ3v) is 5.22. The molecule has 3 amide bonds. The highest BCUT2D eigenvalue weighted by Gasteiger charge is 2.27. The summed E-state index contributed by atoms with van der Waals surface area (Å²) in [5, 5.41) is 11.3. The molecule has 0 unspecified atom stereocenters. The Bertz CT molecular complexity index is 778. The van der Waals surface area contributed by atoms with Crippen molar-refractivity contribution in [1.82, 2.24) is 20.1 Å². The molecule has 3 N–H and O–H groups in total. The third-order valence-electron chi connectivity index (χ3n) is 3.46. The van der Waals surface area contributed by atoms with Gasteiger partial charge in [-0.2, -0.15) is 0 Å². The molecule has 1 aromatic carbocycles. The molecule has 0 aliphatic heterocycles. The molecule has 0 saturated heterocycles. The van der Waals surface area contributed by atoms with Crippen molar-refractivity contribution < 1.29 is 9.59 Å². The summed E-state index contributed by atoms with van der Waals surface area (Å²) >= 11 is 7.31. The first-order valence-electron chi connectivity index (χ1n) is 7.79. The van der Waals surface area contributed by atoms with Gasteiger partial charge in [-0.15, -0.1) is 10.2 Å². The van der Waals surface area contributed by atoms with Gasteiger partial charge in [0, 0.05) is 17.1 Å². The van der Waals surface area contributed by atoms with E-state index >= 15 is 0 Å². The number of halogens is 1. The Balaban J connectivity index is 2.33. The van der Waals surface area contributed by atoms with E-state index in [4.69, 9.17) is 17.3 Å². The lowest BCUT2D eigenvalue weighted by atomic mass is 10.1. The minimum atomic E-state index is -0.868. The first kappa shape index (κ1) is 19.3. The number of urea groups is 1. The maximum Gasteiger partial charge on any atom is 0.318 e. The molecule has 1 heterocycles. The first-order valence-corrected chi connectivity index (χ1v) is 9.05. The monoisotopic (exact) mass is 381 g/mol. The number of hydrogen-bond donors (Lipinski definition) is 2. The van der Waals surface area contributed by atoms with E-state index in [0.29, 0.717) is 22.5 Å². The average molecular weight is 382 g/mol.